The molecule has 0 saturated carbocycles. The van der Waals surface area contributed by atoms with Gasteiger partial charge in [-0.05, 0) is 13.0 Å². The molecule has 2 heterocycles. The molecule has 1 amide bonds. The van der Waals surface area contributed by atoms with E-state index < -0.39 is 0 Å². The number of carbonyl (C=O) groups is 1. The van der Waals surface area contributed by atoms with Crippen LogP contribution in [0.15, 0.2) is 23.1 Å². The minimum atomic E-state index is -0.221. The van der Waals surface area contributed by atoms with Crippen molar-refractivity contribution in [2.75, 3.05) is 19.7 Å². The molecular formula is C12H17N3O3. The van der Waals surface area contributed by atoms with Crippen molar-refractivity contribution in [3.63, 3.8) is 0 Å². The van der Waals surface area contributed by atoms with E-state index in [-0.39, 0.29) is 23.6 Å². The molecule has 1 saturated heterocycles. The highest BCUT2D eigenvalue weighted by Crippen LogP contribution is 2.14. The van der Waals surface area contributed by atoms with Crippen LogP contribution in [0.1, 0.15) is 17.3 Å². The van der Waals surface area contributed by atoms with Crippen molar-refractivity contribution in [2.24, 2.45) is 5.73 Å². The molecule has 1 aromatic heterocycles. The summed E-state index contributed by atoms with van der Waals surface area (Å²) >= 11 is 0. The molecule has 2 rings (SSSR count). The van der Waals surface area contributed by atoms with E-state index in [2.05, 4.69) is 4.98 Å². The first-order chi connectivity index (χ1) is 8.61. The van der Waals surface area contributed by atoms with Crippen LogP contribution in [0.2, 0.25) is 0 Å². The minimum absolute atomic E-state index is 0.00669. The lowest BCUT2D eigenvalue weighted by atomic mass is 10.1. The third-order valence-electron chi connectivity index (χ3n) is 3.06. The maximum Gasteiger partial charge on any atom is 0.255 e. The number of hydrogen-bond donors (Lipinski definition) is 2. The number of pyridine rings is 1. The summed E-state index contributed by atoms with van der Waals surface area (Å²) < 4.78 is 5.50. The van der Waals surface area contributed by atoms with Gasteiger partial charge < -0.3 is 20.4 Å². The van der Waals surface area contributed by atoms with Gasteiger partial charge in [0.05, 0.1) is 24.3 Å². The van der Waals surface area contributed by atoms with Crippen LogP contribution in [0.3, 0.4) is 0 Å². The Balaban J connectivity index is 2.16. The fourth-order valence-corrected chi connectivity index (χ4v) is 1.95. The zero-order valence-electron chi connectivity index (χ0n) is 10.3. The summed E-state index contributed by atoms with van der Waals surface area (Å²) in [4.78, 5) is 27.5. The first-order valence-corrected chi connectivity index (χ1v) is 5.93. The largest absolute Gasteiger partial charge is 0.373 e. The molecule has 6 heteroatoms. The van der Waals surface area contributed by atoms with E-state index in [9.17, 15) is 9.59 Å². The van der Waals surface area contributed by atoms with Gasteiger partial charge in [-0.2, -0.15) is 0 Å². The third-order valence-corrected chi connectivity index (χ3v) is 3.06. The van der Waals surface area contributed by atoms with E-state index in [1.165, 1.54) is 18.3 Å². The van der Waals surface area contributed by atoms with Crippen LogP contribution in [0.4, 0.5) is 0 Å². The lowest BCUT2D eigenvalue weighted by Gasteiger charge is -2.37. The number of nitrogens with two attached hydrogens (primary N) is 1. The van der Waals surface area contributed by atoms with E-state index >= 15 is 0 Å². The molecule has 1 aliphatic heterocycles. The van der Waals surface area contributed by atoms with Crippen LogP contribution < -0.4 is 11.3 Å². The topological polar surface area (TPSA) is 88.4 Å². The Hall–Kier alpha value is -1.66. The van der Waals surface area contributed by atoms with Crippen molar-refractivity contribution in [3.8, 4) is 0 Å². The maximum atomic E-state index is 12.3. The number of morpholine rings is 1. The molecule has 0 spiro atoms. The third kappa shape index (κ3) is 2.60. The van der Waals surface area contributed by atoms with Gasteiger partial charge >= 0.3 is 0 Å². The van der Waals surface area contributed by atoms with Gasteiger partial charge in [0.2, 0.25) is 5.56 Å². The van der Waals surface area contributed by atoms with E-state index in [0.29, 0.717) is 25.3 Å². The van der Waals surface area contributed by atoms with Crippen LogP contribution >= 0.6 is 0 Å². The molecule has 0 bridgehead atoms. The Morgan fingerprint density at radius 1 is 1.61 bits per heavy atom. The molecule has 6 nitrogen and oxygen atoms in total. The molecule has 1 aliphatic rings. The first-order valence-electron chi connectivity index (χ1n) is 5.93. The van der Waals surface area contributed by atoms with Crippen molar-refractivity contribution in [2.45, 2.75) is 19.1 Å². The van der Waals surface area contributed by atoms with Crippen LogP contribution in [0.5, 0.6) is 0 Å². The number of H-pyrrole nitrogens is 1. The van der Waals surface area contributed by atoms with Gasteiger partial charge in [-0.15, -0.1) is 0 Å². The second kappa shape index (κ2) is 5.32. The summed E-state index contributed by atoms with van der Waals surface area (Å²) in [7, 11) is 0. The Morgan fingerprint density at radius 3 is 3.00 bits per heavy atom. The lowest BCUT2D eigenvalue weighted by Crippen LogP contribution is -2.52. The number of carbonyl (C=O) groups excluding carboxylic acids is 1. The van der Waals surface area contributed by atoms with Crippen LogP contribution in [-0.4, -0.2) is 47.6 Å². The standard InChI is InChI=1S/C12H17N3O3/c1-8-7-18-10(4-13)6-15(8)12(17)9-2-3-11(16)14-5-9/h2-3,5,8,10H,4,6-7,13H2,1H3,(H,14,16). The van der Waals surface area contributed by atoms with E-state index in [1.54, 1.807) is 4.90 Å². The molecule has 98 valence electrons. The predicted molar refractivity (Wildman–Crippen MR) is 66.4 cm³/mol. The SMILES string of the molecule is CC1COC(CN)CN1C(=O)c1ccc(=O)[nH]c1. The zero-order valence-corrected chi connectivity index (χ0v) is 10.3. The highest BCUT2D eigenvalue weighted by Gasteiger charge is 2.29. The molecule has 1 aromatic rings. The summed E-state index contributed by atoms with van der Waals surface area (Å²) in [6.07, 6.45) is 1.32. The zero-order chi connectivity index (χ0) is 13.1. The van der Waals surface area contributed by atoms with Crippen LogP contribution in [0.25, 0.3) is 0 Å². The van der Waals surface area contributed by atoms with Gasteiger partial charge in [-0.25, -0.2) is 0 Å². The monoisotopic (exact) mass is 251 g/mol. The molecule has 3 N–H and O–H groups in total. The van der Waals surface area contributed by atoms with Gasteiger partial charge in [0.1, 0.15) is 0 Å². The molecule has 0 aliphatic carbocycles. The number of amides is 1. The summed E-state index contributed by atoms with van der Waals surface area (Å²) in [5, 5.41) is 0. The van der Waals surface area contributed by atoms with E-state index in [4.69, 9.17) is 10.5 Å². The molecule has 0 aromatic carbocycles. The Labute approximate surface area is 105 Å². The van der Waals surface area contributed by atoms with Gasteiger partial charge in [0.25, 0.3) is 5.91 Å². The second-order valence-electron chi connectivity index (χ2n) is 4.44. The van der Waals surface area contributed by atoms with Crippen LogP contribution in [0, 0.1) is 0 Å². The summed E-state index contributed by atoms with van der Waals surface area (Å²) in [6.45, 7) is 3.28. The number of hydrogen-bond acceptors (Lipinski definition) is 4. The smallest absolute Gasteiger partial charge is 0.255 e. The quantitative estimate of drug-likeness (QED) is 0.746. The average Bonchev–Trinajstić information content (AvgIpc) is 2.39. The van der Waals surface area contributed by atoms with Crippen molar-refractivity contribution in [1.29, 1.82) is 0 Å². The molecule has 1 fully saturated rings. The Bertz CT molecular complexity index is 465. The van der Waals surface area contributed by atoms with E-state index in [1.807, 2.05) is 6.92 Å². The number of nitrogens with one attached hydrogen (secondary N) is 1. The van der Waals surface area contributed by atoms with Crippen molar-refractivity contribution < 1.29 is 9.53 Å². The molecule has 2 atom stereocenters. The molecule has 2 unspecified atom stereocenters. The summed E-state index contributed by atoms with van der Waals surface area (Å²) in [6, 6.07) is 2.88. The molecule has 0 radical (unpaired) electrons. The lowest BCUT2D eigenvalue weighted by molar-refractivity contribution is -0.0426. The van der Waals surface area contributed by atoms with Gasteiger partial charge in [0.15, 0.2) is 0 Å². The predicted octanol–water partition coefficient (Wildman–Crippen LogP) is -0.437. The second-order valence-corrected chi connectivity index (χ2v) is 4.44. The molecule has 18 heavy (non-hydrogen) atoms. The molecular weight excluding hydrogens is 234 g/mol. The fourth-order valence-electron chi connectivity index (χ4n) is 1.95. The first kappa shape index (κ1) is 12.8. The van der Waals surface area contributed by atoms with E-state index in [0.717, 1.165) is 0 Å². The number of aromatic nitrogens is 1. The Kier molecular flexibility index (Phi) is 3.78. The summed E-state index contributed by atoms with van der Waals surface area (Å²) in [5.74, 6) is -0.111. The highest BCUT2D eigenvalue weighted by molar-refractivity contribution is 5.94. The number of rotatable bonds is 2. The highest BCUT2D eigenvalue weighted by atomic mass is 16.5. The fraction of sp³-hybridized carbons (Fsp3) is 0.500. The maximum absolute atomic E-state index is 12.3. The van der Waals surface area contributed by atoms with Crippen LogP contribution in [-0.2, 0) is 4.74 Å². The Morgan fingerprint density at radius 2 is 2.39 bits per heavy atom. The van der Waals surface area contributed by atoms with Gasteiger partial charge in [0, 0.05) is 25.4 Å². The van der Waals surface area contributed by atoms with Crippen molar-refractivity contribution in [1.82, 2.24) is 9.88 Å². The van der Waals surface area contributed by atoms with Crippen molar-refractivity contribution >= 4 is 5.91 Å². The number of aromatic amines is 1. The normalized spacial score (nSPS) is 24.0. The van der Waals surface area contributed by atoms with Crippen molar-refractivity contribution in [3.05, 3.63) is 34.2 Å². The number of nitrogens with zero attached hydrogens (tertiary/aromatic N) is 1. The summed E-state index contributed by atoms with van der Waals surface area (Å²) in [5.41, 5.74) is 5.81. The number of ether oxygens (including phenoxy) is 1. The van der Waals surface area contributed by atoms with Gasteiger partial charge in [-0.1, -0.05) is 0 Å². The minimum Gasteiger partial charge on any atom is -0.373 e. The average molecular weight is 251 g/mol. The van der Waals surface area contributed by atoms with Gasteiger partial charge in [-0.3, -0.25) is 9.59 Å².